The molecule has 0 saturated heterocycles. The van der Waals surface area contributed by atoms with Gasteiger partial charge in [-0.25, -0.2) is 0 Å². The maximum Gasteiger partial charge on any atom is 0.269 e. The number of amides is 2. The van der Waals surface area contributed by atoms with E-state index < -0.39 is 4.92 Å². The van der Waals surface area contributed by atoms with E-state index in [9.17, 15) is 19.7 Å². The number of ether oxygens (including phenoxy) is 1. The van der Waals surface area contributed by atoms with Crippen molar-refractivity contribution in [3.63, 3.8) is 0 Å². The molecule has 2 aromatic rings. The summed E-state index contributed by atoms with van der Waals surface area (Å²) >= 11 is 0. The van der Waals surface area contributed by atoms with Gasteiger partial charge in [0.15, 0.2) is 0 Å². The molecule has 0 bridgehead atoms. The summed E-state index contributed by atoms with van der Waals surface area (Å²) in [6.45, 7) is 0.469. The Labute approximate surface area is 168 Å². The minimum Gasteiger partial charge on any atom is -0.364 e. The number of nitro groups is 1. The first kappa shape index (κ1) is 20.5. The monoisotopic (exact) mass is 397 g/mol. The third-order valence-corrected chi connectivity index (χ3v) is 4.90. The number of nitro benzene ring substituents is 1. The largest absolute Gasteiger partial charge is 0.364 e. The summed E-state index contributed by atoms with van der Waals surface area (Å²) in [5, 5.41) is 10.8. The van der Waals surface area contributed by atoms with Crippen molar-refractivity contribution >= 4 is 23.2 Å². The van der Waals surface area contributed by atoms with Crippen LogP contribution in [-0.2, 0) is 9.53 Å². The maximum atomic E-state index is 13.1. The Morgan fingerprint density at radius 3 is 2.52 bits per heavy atom. The lowest BCUT2D eigenvalue weighted by molar-refractivity contribution is -0.384. The Bertz CT molecular complexity index is 911. The van der Waals surface area contributed by atoms with Crippen LogP contribution < -0.4 is 4.90 Å². The molecule has 152 valence electrons. The summed E-state index contributed by atoms with van der Waals surface area (Å²) < 4.78 is 5.88. The first-order valence-electron chi connectivity index (χ1n) is 9.35. The number of hydrogen-bond acceptors (Lipinski definition) is 5. The smallest absolute Gasteiger partial charge is 0.269 e. The fourth-order valence-electron chi connectivity index (χ4n) is 3.28. The van der Waals surface area contributed by atoms with E-state index in [0.717, 1.165) is 11.3 Å². The second kappa shape index (κ2) is 8.83. The van der Waals surface area contributed by atoms with Gasteiger partial charge >= 0.3 is 0 Å². The molecule has 1 atom stereocenters. The van der Waals surface area contributed by atoms with Gasteiger partial charge in [0.1, 0.15) is 6.61 Å². The van der Waals surface area contributed by atoms with Crippen LogP contribution in [0, 0.1) is 10.1 Å². The minimum absolute atomic E-state index is 0.0255. The van der Waals surface area contributed by atoms with Crippen LogP contribution in [0.1, 0.15) is 34.9 Å². The number of non-ortho nitro benzene ring substituents is 1. The average Bonchev–Trinajstić information content (AvgIpc) is 2.91. The third kappa shape index (κ3) is 4.60. The molecule has 8 heteroatoms. The first-order chi connectivity index (χ1) is 13.9. The van der Waals surface area contributed by atoms with E-state index in [0.29, 0.717) is 24.9 Å². The van der Waals surface area contributed by atoms with Crippen LogP contribution in [0.15, 0.2) is 48.5 Å². The van der Waals surface area contributed by atoms with Gasteiger partial charge in [-0.2, -0.15) is 0 Å². The lowest BCUT2D eigenvalue weighted by Gasteiger charge is -2.24. The molecule has 1 unspecified atom stereocenters. The van der Waals surface area contributed by atoms with Crippen molar-refractivity contribution in [2.75, 3.05) is 32.1 Å². The van der Waals surface area contributed by atoms with Crippen LogP contribution in [0.5, 0.6) is 0 Å². The molecule has 0 N–H and O–H groups in total. The first-order valence-corrected chi connectivity index (χ1v) is 9.35. The zero-order valence-electron chi connectivity index (χ0n) is 16.4. The van der Waals surface area contributed by atoms with Gasteiger partial charge in [0.05, 0.1) is 11.0 Å². The number of rotatable bonds is 5. The second-order valence-corrected chi connectivity index (χ2v) is 7.05. The molecular weight excluding hydrogens is 374 g/mol. The van der Waals surface area contributed by atoms with Gasteiger partial charge in [0.2, 0.25) is 5.91 Å². The Morgan fingerprint density at radius 2 is 1.86 bits per heavy atom. The number of hydrogen-bond donors (Lipinski definition) is 0. The zero-order valence-corrected chi connectivity index (χ0v) is 16.4. The molecule has 0 aliphatic carbocycles. The highest BCUT2D eigenvalue weighted by atomic mass is 16.6. The molecule has 29 heavy (non-hydrogen) atoms. The minimum atomic E-state index is -0.494. The highest BCUT2D eigenvalue weighted by Gasteiger charge is 2.28. The fourth-order valence-corrected chi connectivity index (χ4v) is 3.28. The maximum absolute atomic E-state index is 13.1. The highest BCUT2D eigenvalue weighted by Crippen LogP contribution is 2.36. The van der Waals surface area contributed by atoms with E-state index in [1.807, 2.05) is 24.3 Å². The molecule has 2 aromatic carbocycles. The molecule has 0 radical (unpaired) electrons. The Morgan fingerprint density at radius 1 is 1.17 bits per heavy atom. The standard InChI is InChI=1S/C21H23N3O5/c1-22(2)20(25)14-29-19-8-5-13-23(18-7-4-3-6-17(18)19)21(26)15-9-11-16(12-10-15)24(27)28/h3-4,6-7,9-12,19H,5,8,13-14H2,1-2H3. The molecule has 2 amide bonds. The number of anilines is 1. The van der Waals surface area contributed by atoms with Gasteiger partial charge in [-0.05, 0) is 31.0 Å². The van der Waals surface area contributed by atoms with Gasteiger partial charge in [0, 0.05) is 49.6 Å². The summed E-state index contributed by atoms with van der Waals surface area (Å²) in [5.41, 5.74) is 1.91. The van der Waals surface area contributed by atoms with E-state index >= 15 is 0 Å². The lowest BCUT2D eigenvalue weighted by Crippen LogP contribution is -2.31. The summed E-state index contributed by atoms with van der Waals surface area (Å²) in [6, 6.07) is 13.1. The molecule has 8 nitrogen and oxygen atoms in total. The number of likely N-dealkylation sites (N-methyl/N-ethyl adjacent to an activating group) is 1. The molecule has 3 rings (SSSR count). The predicted molar refractivity (Wildman–Crippen MR) is 108 cm³/mol. The third-order valence-electron chi connectivity index (χ3n) is 4.90. The summed E-state index contributed by atoms with van der Waals surface area (Å²) in [4.78, 5) is 38.5. The van der Waals surface area contributed by atoms with E-state index in [1.165, 1.54) is 29.2 Å². The van der Waals surface area contributed by atoms with E-state index in [-0.39, 0.29) is 30.2 Å². The van der Waals surface area contributed by atoms with E-state index in [4.69, 9.17) is 4.74 Å². The lowest BCUT2D eigenvalue weighted by atomic mass is 10.0. The Kier molecular flexibility index (Phi) is 6.23. The Hall–Kier alpha value is -3.26. The number of fused-ring (bicyclic) bond motifs is 1. The van der Waals surface area contributed by atoms with Gasteiger partial charge in [0.25, 0.3) is 11.6 Å². The fraction of sp³-hybridized carbons (Fsp3) is 0.333. The molecule has 0 fully saturated rings. The van der Waals surface area contributed by atoms with E-state index in [2.05, 4.69) is 0 Å². The van der Waals surface area contributed by atoms with Crippen molar-refractivity contribution in [3.05, 3.63) is 69.8 Å². The van der Waals surface area contributed by atoms with Crippen LogP contribution >= 0.6 is 0 Å². The van der Waals surface area contributed by atoms with Crippen LogP contribution in [0.3, 0.4) is 0 Å². The van der Waals surface area contributed by atoms with Crippen molar-refractivity contribution in [1.29, 1.82) is 0 Å². The number of nitrogens with zero attached hydrogens (tertiary/aromatic N) is 3. The van der Waals surface area contributed by atoms with Crippen LogP contribution in [0.25, 0.3) is 0 Å². The van der Waals surface area contributed by atoms with Crippen LogP contribution in [0.2, 0.25) is 0 Å². The van der Waals surface area contributed by atoms with Crippen molar-refractivity contribution in [2.24, 2.45) is 0 Å². The molecule has 0 saturated carbocycles. The highest BCUT2D eigenvalue weighted by molar-refractivity contribution is 6.06. The normalized spacial score (nSPS) is 15.9. The van der Waals surface area contributed by atoms with Crippen molar-refractivity contribution < 1.29 is 19.2 Å². The van der Waals surface area contributed by atoms with E-state index in [1.54, 1.807) is 19.0 Å². The molecular formula is C21H23N3O5. The van der Waals surface area contributed by atoms with Gasteiger partial charge < -0.3 is 14.5 Å². The van der Waals surface area contributed by atoms with Crippen LogP contribution in [0.4, 0.5) is 11.4 Å². The van der Waals surface area contributed by atoms with Gasteiger partial charge in [-0.15, -0.1) is 0 Å². The quantitative estimate of drug-likeness (QED) is 0.571. The number of benzene rings is 2. The van der Waals surface area contributed by atoms with Gasteiger partial charge in [-0.1, -0.05) is 18.2 Å². The average molecular weight is 397 g/mol. The molecule has 1 heterocycles. The summed E-state index contributed by atoms with van der Waals surface area (Å²) in [6.07, 6.45) is 1.10. The summed E-state index contributed by atoms with van der Waals surface area (Å²) in [7, 11) is 3.36. The number of carbonyl (C=O) groups excluding carboxylic acids is 2. The molecule has 0 spiro atoms. The zero-order chi connectivity index (χ0) is 21.0. The summed E-state index contributed by atoms with van der Waals surface area (Å²) in [5.74, 6) is -0.345. The predicted octanol–water partition coefficient (Wildman–Crippen LogP) is 3.18. The van der Waals surface area contributed by atoms with Crippen molar-refractivity contribution in [1.82, 2.24) is 4.90 Å². The van der Waals surface area contributed by atoms with Crippen molar-refractivity contribution in [3.8, 4) is 0 Å². The van der Waals surface area contributed by atoms with Crippen molar-refractivity contribution in [2.45, 2.75) is 18.9 Å². The molecule has 1 aliphatic rings. The second-order valence-electron chi connectivity index (χ2n) is 7.05. The number of carbonyl (C=O) groups is 2. The Balaban J connectivity index is 1.85. The topological polar surface area (TPSA) is 93.0 Å². The van der Waals surface area contributed by atoms with Crippen LogP contribution in [-0.4, -0.2) is 48.9 Å². The van der Waals surface area contributed by atoms with Gasteiger partial charge in [-0.3, -0.25) is 19.7 Å². The number of para-hydroxylation sites is 1. The SMILES string of the molecule is CN(C)C(=O)COC1CCCN(C(=O)c2ccc([N+](=O)[O-])cc2)c2ccccc21. The molecule has 0 aromatic heterocycles. The molecule has 1 aliphatic heterocycles.